The Morgan fingerprint density at radius 3 is 2.62 bits per heavy atom. The lowest BCUT2D eigenvalue weighted by molar-refractivity contribution is 0.0976. The van der Waals surface area contributed by atoms with Gasteiger partial charge >= 0.3 is 0 Å². The lowest BCUT2D eigenvalue weighted by Crippen LogP contribution is -2.34. The van der Waals surface area contributed by atoms with E-state index in [1.165, 1.54) is 0 Å². The highest BCUT2D eigenvalue weighted by atomic mass is 79.9. The summed E-state index contributed by atoms with van der Waals surface area (Å²) in [6.45, 7) is 0.959. The molecule has 1 heterocycles. The minimum atomic E-state index is -0.349. The first-order chi connectivity index (χ1) is 11.5. The fraction of sp³-hybridized carbons (Fsp3) is 0.125. The van der Waals surface area contributed by atoms with Gasteiger partial charge in [-0.05, 0) is 48.6 Å². The molecule has 1 aliphatic heterocycles. The minimum absolute atomic E-state index is 0.152. The first kappa shape index (κ1) is 17.0. The standard InChI is InChI=1S/C16H12BrClN2O3S/c17-10-2-3-12(11(18)8-10)19-16(24)20-15(21)9-1-4-13-14(7-9)23-6-5-22-13/h1-4,7-8H,5-6H2,(H2,19,20,21,24). The van der Waals surface area contributed by atoms with Crippen LogP contribution >= 0.6 is 39.7 Å². The number of nitrogens with one attached hydrogen (secondary N) is 2. The highest BCUT2D eigenvalue weighted by molar-refractivity contribution is 9.10. The van der Waals surface area contributed by atoms with Crippen molar-refractivity contribution in [3.05, 3.63) is 51.5 Å². The van der Waals surface area contributed by atoms with Crippen molar-refractivity contribution in [3.63, 3.8) is 0 Å². The number of thiocarbonyl (C=S) groups is 1. The molecule has 0 radical (unpaired) electrons. The summed E-state index contributed by atoms with van der Waals surface area (Å²) in [5, 5.41) is 6.14. The lowest BCUT2D eigenvalue weighted by Gasteiger charge is -2.18. The fourth-order valence-electron chi connectivity index (χ4n) is 2.10. The molecule has 2 aromatic rings. The average Bonchev–Trinajstić information content (AvgIpc) is 2.57. The van der Waals surface area contributed by atoms with Crippen LogP contribution < -0.4 is 20.1 Å². The van der Waals surface area contributed by atoms with Gasteiger partial charge in [0.25, 0.3) is 5.91 Å². The Morgan fingerprint density at radius 2 is 1.88 bits per heavy atom. The Balaban J connectivity index is 1.67. The van der Waals surface area contributed by atoms with Crippen LogP contribution in [0.5, 0.6) is 11.5 Å². The molecule has 0 saturated carbocycles. The van der Waals surface area contributed by atoms with E-state index in [-0.39, 0.29) is 11.0 Å². The summed E-state index contributed by atoms with van der Waals surface area (Å²) in [6.07, 6.45) is 0. The summed E-state index contributed by atoms with van der Waals surface area (Å²) >= 11 is 14.6. The van der Waals surface area contributed by atoms with Crippen molar-refractivity contribution in [1.82, 2.24) is 5.32 Å². The normalized spacial score (nSPS) is 12.4. The third-order valence-corrected chi connectivity index (χ3v) is 4.22. The summed E-state index contributed by atoms with van der Waals surface area (Å²) in [7, 11) is 0. The number of amides is 1. The number of hydrogen-bond donors (Lipinski definition) is 2. The molecular formula is C16H12BrClN2O3S. The van der Waals surface area contributed by atoms with Gasteiger partial charge in [-0.1, -0.05) is 27.5 Å². The molecule has 0 saturated heterocycles. The molecule has 124 valence electrons. The predicted molar refractivity (Wildman–Crippen MR) is 100 cm³/mol. The van der Waals surface area contributed by atoms with E-state index in [0.29, 0.717) is 41.0 Å². The van der Waals surface area contributed by atoms with Crippen molar-refractivity contribution < 1.29 is 14.3 Å². The van der Waals surface area contributed by atoms with Crippen LogP contribution in [0, 0.1) is 0 Å². The Labute approximate surface area is 157 Å². The molecule has 0 unspecified atom stereocenters. The Morgan fingerprint density at radius 1 is 1.12 bits per heavy atom. The van der Waals surface area contributed by atoms with Crippen LogP contribution in [-0.2, 0) is 0 Å². The van der Waals surface area contributed by atoms with E-state index in [1.54, 1.807) is 30.3 Å². The SMILES string of the molecule is O=C(NC(=S)Nc1ccc(Br)cc1Cl)c1ccc2c(c1)OCCO2. The Hall–Kier alpha value is -1.83. The van der Waals surface area contributed by atoms with Crippen LogP contribution in [-0.4, -0.2) is 24.2 Å². The van der Waals surface area contributed by atoms with E-state index >= 15 is 0 Å². The maximum Gasteiger partial charge on any atom is 0.257 e. The van der Waals surface area contributed by atoms with Crippen LogP contribution in [0.15, 0.2) is 40.9 Å². The molecule has 0 bridgehead atoms. The minimum Gasteiger partial charge on any atom is -0.486 e. The summed E-state index contributed by atoms with van der Waals surface area (Å²) in [4.78, 5) is 12.3. The number of carbonyl (C=O) groups excluding carboxylic acids is 1. The van der Waals surface area contributed by atoms with Crippen molar-refractivity contribution in [2.45, 2.75) is 0 Å². The number of fused-ring (bicyclic) bond motifs is 1. The van der Waals surface area contributed by atoms with E-state index in [9.17, 15) is 4.79 Å². The molecule has 1 amide bonds. The van der Waals surface area contributed by atoms with Gasteiger partial charge in [-0.2, -0.15) is 0 Å². The maximum atomic E-state index is 12.3. The Bertz CT molecular complexity index is 816. The van der Waals surface area contributed by atoms with E-state index in [4.69, 9.17) is 33.3 Å². The quantitative estimate of drug-likeness (QED) is 0.710. The maximum absolute atomic E-state index is 12.3. The van der Waals surface area contributed by atoms with Crippen LogP contribution in [0.2, 0.25) is 5.02 Å². The zero-order valence-electron chi connectivity index (χ0n) is 12.3. The molecule has 3 rings (SSSR count). The zero-order chi connectivity index (χ0) is 17.1. The van der Waals surface area contributed by atoms with Gasteiger partial charge in [0.2, 0.25) is 0 Å². The lowest BCUT2D eigenvalue weighted by atomic mass is 10.2. The third kappa shape index (κ3) is 3.98. The van der Waals surface area contributed by atoms with Gasteiger partial charge < -0.3 is 14.8 Å². The van der Waals surface area contributed by atoms with Crippen LogP contribution in [0.25, 0.3) is 0 Å². The number of ether oxygens (including phenoxy) is 2. The second kappa shape index (κ2) is 7.38. The number of rotatable bonds is 2. The highest BCUT2D eigenvalue weighted by Crippen LogP contribution is 2.30. The van der Waals surface area contributed by atoms with Gasteiger partial charge in [-0.25, -0.2) is 0 Å². The largest absolute Gasteiger partial charge is 0.486 e. The molecule has 0 aliphatic carbocycles. The van der Waals surface area contributed by atoms with Crippen LogP contribution in [0.1, 0.15) is 10.4 Å². The molecule has 24 heavy (non-hydrogen) atoms. The molecule has 0 fully saturated rings. The van der Waals surface area contributed by atoms with Crippen molar-refractivity contribution in [2.75, 3.05) is 18.5 Å². The molecule has 1 aliphatic rings. The molecule has 0 atom stereocenters. The van der Waals surface area contributed by atoms with E-state index in [2.05, 4.69) is 26.6 Å². The van der Waals surface area contributed by atoms with Crippen molar-refractivity contribution in [1.29, 1.82) is 0 Å². The van der Waals surface area contributed by atoms with Gasteiger partial charge in [0.05, 0.1) is 10.7 Å². The fourth-order valence-corrected chi connectivity index (χ4v) is 3.03. The molecule has 0 spiro atoms. The smallest absolute Gasteiger partial charge is 0.257 e. The Kier molecular flexibility index (Phi) is 5.23. The van der Waals surface area contributed by atoms with Gasteiger partial charge in [0.1, 0.15) is 13.2 Å². The molecule has 8 heteroatoms. The molecule has 0 aromatic heterocycles. The number of hydrogen-bond acceptors (Lipinski definition) is 4. The van der Waals surface area contributed by atoms with Crippen LogP contribution in [0.4, 0.5) is 5.69 Å². The van der Waals surface area contributed by atoms with E-state index in [1.807, 2.05) is 6.07 Å². The molecular weight excluding hydrogens is 416 g/mol. The van der Waals surface area contributed by atoms with Crippen molar-refractivity contribution in [2.24, 2.45) is 0 Å². The number of carbonyl (C=O) groups is 1. The molecule has 2 N–H and O–H groups in total. The summed E-state index contributed by atoms with van der Waals surface area (Å²) in [5.74, 6) is 0.821. The third-order valence-electron chi connectivity index (χ3n) is 3.21. The summed E-state index contributed by atoms with van der Waals surface area (Å²) in [6, 6.07) is 10.3. The second-order valence-corrected chi connectivity index (χ2v) is 6.62. The number of halogens is 2. The molecule has 5 nitrogen and oxygen atoms in total. The van der Waals surface area contributed by atoms with Crippen molar-refractivity contribution >= 4 is 56.5 Å². The first-order valence-electron chi connectivity index (χ1n) is 7.00. The summed E-state index contributed by atoms with van der Waals surface area (Å²) < 4.78 is 11.7. The van der Waals surface area contributed by atoms with Crippen LogP contribution in [0.3, 0.4) is 0 Å². The highest BCUT2D eigenvalue weighted by Gasteiger charge is 2.16. The number of anilines is 1. The zero-order valence-corrected chi connectivity index (χ0v) is 15.4. The topological polar surface area (TPSA) is 59.6 Å². The van der Waals surface area contributed by atoms with E-state index < -0.39 is 0 Å². The van der Waals surface area contributed by atoms with Gasteiger partial charge in [0.15, 0.2) is 16.6 Å². The van der Waals surface area contributed by atoms with Gasteiger partial charge in [0, 0.05) is 10.0 Å². The average molecular weight is 428 g/mol. The first-order valence-corrected chi connectivity index (χ1v) is 8.58. The predicted octanol–water partition coefficient (Wildman–Crippen LogP) is 4.00. The second-order valence-electron chi connectivity index (χ2n) is 4.89. The number of benzene rings is 2. The monoisotopic (exact) mass is 426 g/mol. The van der Waals surface area contributed by atoms with Gasteiger partial charge in [-0.3, -0.25) is 10.1 Å². The van der Waals surface area contributed by atoms with Gasteiger partial charge in [-0.15, -0.1) is 0 Å². The summed E-state index contributed by atoms with van der Waals surface area (Å²) in [5.41, 5.74) is 1.03. The van der Waals surface area contributed by atoms with Crippen molar-refractivity contribution in [3.8, 4) is 11.5 Å². The van der Waals surface area contributed by atoms with E-state index in [0.717, 1.165) is 4.47 Å². The molecule has 2 aromatic carbocycles.